The van der Waals surface area contributed by atoms with E-state index in [9.17, 15) is 18.0 Å². The number of hydrogen-bond acceptors (Lipinski definition) is 7. The number of nitrogens with zero attached hydrogens (tertiary/aromatic N) is 2. The molecular weight excluding hydrogens is 362 g/mol. The van der Waals surface area contributed by atoms with Crippen LogP contribution in [-0.4, -0.2) is 55.6 Å². The molecule has 2 heterocycles. The van der Waals surface area contributed by atoms with E-state index >= 15 is 0 Å². The highest BCUT2D eigenvalue weighted by Crippen LogP contribution is 2.22. The molecule has 0 unspecified atom stereocenters. The third-order valence-corrected chi connectivity index (χ3v) is 6.13. The van der Waals surface area contributed by atoms with Gasteiger partial charge in [-0.05, 0) is 47.0 Å². The van der Waals surface area contributed by atoms with Crippen LogP contribution in [0, 0.1) is 13.8 Å². The Morgan fingerprint density at radius 2 is 1.88 bits per heavy atom. The van der Waals surface area contributed by atoms with Gasteiger partial charge in [0.2, 0.25) is 10.0 Å². The first-order valence-corrected chi connectivity index (χ1v) is 10.0. The highest BCUT2D eigenvalue weighted by atomic mass is 32.2. The number of esters is 1. The molecule has 1 saturated heterocycles. The average molecular weight is 387 g/mol. The average Bonchev–Trinajstić information content (AvgIpc) is 2.90. The van der Waals surface area contributed by atoms with Crippen molar-refractivity contribution in [2.45, 2.75) is 63.9 Å². The standard InChI is InChI=1S/C16H25N3O6S/c1-10-6-5-7-11(2)19(10)14(20)9-24-15(21)8-17-26(22,23)16-12(3)18-25-13(16)4/h10-11,17H,5-9H2,1-4H3/t10-,11-/m0/s1. The lowest BCUT2D eigenvalue weighted by molar-refractivity contribution is -0.154. The van der Waals surface area contributed by atoms with Crippen LogP contribution in [0.15, 0.2) is 9.42 Å². The normalized spacial score (nSPS) is 20.8. The lowest BCUT2D eigenvalue weighted by Gasteiger charge is -2.38. The highest BCUT2D eigenvalue weighted by Gasteiger charge is 2.30. The Kier molecular flexibility index (Phi) is 6.40. The Morgan fingerprint density at radius 3 is 2.42 bits per heavy atom. The number of rotatable bonds is 6. The van der Waals surface area contributed by atoms with Crippen LogP contribution < -0.4 is 4.72 Å². The molecule has 26 heavy (non-hydrogen) atoms. The number of amides is 1. The fourth-order valence-electron chi connectivity index (χ4n) is 3.27. The van der Waals surface area contributed by atoms with E-state index in [1.807, 2.05) is 13.8 Å². The Labute approximate surface area is 153 Å². The number of carbonyl (C=O) groups is 2. The van der Waals surface area contributed by atoms with E-state index in [0.717, 1.165) is 19.3 Å². The molecule has 0 bridgehead atoms. The summed E-state index contributed by atoms with van der Waals surface area (Å²) < 4.78 is 36.3. The van der Waals surface area contributed by atoms with Gasteiger partial charge < -0.3 is 14.2 Å². The molecule has 146 valence electrons. The smallest absolute Gasteiger partial charge is 0.321 e. The molecule has 0 aromatic carbocycles. The van der Waals surface area contributed by atoms with E-state index in [-0.39, 0.29) is 34.3 Å². The van der Waals surface area contributed by atoms with E-state index in [1.54, 1.807) is 4.90 Å². The van der Waals surface area contributed by atoms with Gasteiger partial charge in [0, 0.05) is 12.1 Å². The monoisotopic (exact) mass is 387 g/mol. The SMILES string of the molecule is Cc1noc(C)c1S(=O)(=O)NCC(=O)OCC(=O)N1[C@@H](C)CCC[C@@H]1C. The summed E-state index contributed by atoms with van der Waals surface area (Å²) in [5.74, 6) is -0.968. The fourth-order valence-corrected chi connectivity index (χ4v) is 4.56. The number of sulfonamides is 1. The van der Waals surface area contributed by atoms with Crippen molar-refractivity contribution in [2.24, 2.45) is 0 Å². The summed E-state index contributed by atoms with van der Waals surface area (Å²) in [5.41, 5.74) is 0.201. The second kappa shape index (κ2) is 8.17. The predicted octanol–water partition coefficient (Wildman–Crippen LogP) is 0.902. The summed E-state index contributed by atoms with van der Waals surface area (Å²) in [4.78, 5) is 25.7. The number of nitrogens with one attached hydrogen (secondary N) is 1. The summed E-state index contributed by atoms with van der Waals surface area (Å²) in [6.45, 7) is 5.90. The zero-order valence-corrected chi connectivity index (χ0v) is 16.3. The van der Waals surface area contributed by atoms with E-state index in [2.05, 4.69) is 9.88 Å². The fraction of sp³-hybridized carbons (Fsp3) is 0.688. The van der Waals surface area contributed by atoms with Crippen LogP contribution in [-0.2, 0) is 24.3 Å². The molecule has 2 rings (SSSR count). The quantitative estimate of drug-likeness (QED) is 0.720. The van der Waals surface area contributed by atoms with Crippen LogP contribution in [0.5, 0.6) is 0 Å². The van der Waals surface area contributed by atoms with Gasteiger partial charge in [0.25, 0.3) is 5.91 Å². The number of piperidine rings is 1. The Hall–Kier alpha value is -1.94. The molecule has 0 radical (unpaired) electrons. The maximum Gasteiger partial charge on any atom is 0.321 e. The third kappa shape index (κ3) is 4.61. The van der Waals surface area contributed by atoms with Crippen molar-refractivity contribution in [3.05, 3.63) is 11.5 Å². The molecule has 0 saturated carbocycles. The van der Waals surface area contributed by atoms with Gasteiger partial charge in [0.05, 0.1) is 0 Å². The maximum absolute atomic E-state index is 12.3. The van der Waals surface area contributed by atoms with Crippen LogP contribution in [0.3, 0.4) is 0 Å². The van der Waals surface area contributed by atoms with E-state index < -0.39 is 29.1 Å². The van der Waals surface area contributed by atoms with Crippen LogP contribution in [0.25, 0.3) is 0 Å². The maximum atomic E-state index is 12.3. The van der Waals surface area contributed by atoms with E-state index in [4.69, 9.17) is 9.26 Å². The third-order valence-electron chi connectivity index (χ3n) is 4.48. The first kappa shape index (κ1) is 20.4. The molecule has 1 N–H and O–H groups in total. The second-order valence-corrected chi connectivity index (χ2v) is 8.27. The van der Waals surface area contributed by atoms with Gasteiger partial charge in [-0.1, -0.05) is 5.16 Å². The highest BCUT2D eigenvalue weighted by molar-refractivity contribution is 7.89. The second-order valence-electron chi connectivity index (χ2n) is 6.57. The van der Waals surface area contributed by atoms with Crippen molar-refractivity contribution < 1.29 is 27.3 Å². The van der Waals surface area contributed by atoms with Crippen molar-refractivity contribution in [3.8, 4) is 0 Å². The van der Waals surface area contributed by atoms with Crippen molar-refractivity contribution >= 4 is 21.9 Å². The largest absolute Gasteiger partial charge is 0.455 e. The minimum absolute atomic E-state index is 0.0997. The van der Waals surface area contributed by atoms with Crippen molar-refractivity contribution in [3.63, 3.8) is 0 Å². The molecule has 1 aliphatic rings. The molecule has 1 aromatic heterocycles. The zero-order chi connectivity index (χ0) is 19.5. The van der Waals surface area contributed by atoms with E-state index in [1.165, 1.54) is 13.8 Å². The summed E-state index contributed by atoms with van der Waals surface area (Å²) in [5, 5.41) is 3.57. The van der Waals surface area contributed by atoms with Crippen LogP contribution in [0.1, 0.15) is 44.6 Å². The molecule has 2 atom stereocenters. The van der Waals surface area contributed by atoms with Gasteiger partial charge in [0.1, 0.15) is 17.1 Å². The number of ether oxygens (including phenoxy) is 1. The Morgan fingerprint density at radius 1 is 1.27 bits per heavy atom. The van der Waals surface area contributed by atoms with Crippen LogP contribution in [0.4, 0.5) is 0 Å². The molecular formula is C16H25N3O6S. The number of likely N-dealkylation sites (tertiary alicyclic amines) is 1. The van der Waals surface area contributed by atoms with Gasteiger partial charge in [-0.2, -0.15) is 4.72 Å². The predicted molar refractivity (Wildman–Crippen MR) is 91.7 cm³/mol. The van der Waals surface area contributed by atoms with Crippen LogP contribution >= 0.6 is 0 Å². The van der Waals surface area contributed by atoms with Gasteiger partial charge in [-0.15, -0.1) is 0 Å². The molecule has 0 aliphatic carbocycles. The van der Waals surface area contributed by atoms with Gasteiger partial charge in [0.15, 0.2) is 12.4 Å². The molecule has 1 aliphatic heterocycles. The first-order valence-electron chi connectivity index (χ1n) is 8.52. The number of aromatic nitrogens is 1. The zero-order valence-electron chi connectivity index (χ0n) is 15.4. The molecule has 1 fully saturated rings. The van der Waals surface area contributed by atoms with Crippen molar-refractivity contribution in [1.29, 1.82) is 0 Å². The molecule has 10 heteroatoms. The van der Waals surface area contributed by atoms with E-state index in [0.29, 0.717) is 0 Å². The first-order chi connectivity index (χ1) is 12.1. The number of carbonyl (C=O) groups excluding carboxylic acids is 2. The lowest BCUT2D eigenvalue weighted by atomic mass is 9.97. The minimum atomic E-state index is -3.95. The van der Waals surface area contributed by atoms with Crippen LogP contribution in [0.2, 0.25) is 0 Å². The molecule has 1 amide bonds. The molecule has 9 nitrogen and oxygen atoms in total. The Balaban J connectivity index is 1.86. The van der Waals surface area contributed by atoms with Gasteiger partial charge in [-0.3, -0.25) is 9.59 Å². The van der Waals surface area contributed by atoms with Gasteiger partial charge in [-0.25, -0.2) is 8.42 Å². The number of aryl methyl sites for hydroxylation is 2. The summed E-state index contributed by atoms with van der Waals surface area (Å²) in [6.07, 6.45) is 2.90. The summed E-state index contributed by atoms with van der Waals surface area (Å²) >= 11 is 0. The topological polar surface area (TPSA) is 119 Å². The molecule has 1 aromatic rings. The van der Waals surface area contributed by atoms with Gasteiger partial charge >= 0.3 is 5.97 Å². The molecule has 0 spiro atoms. The van der Waals surface area contributed by atoms with Crippen molar-refractivity contribution in [1.82, 2.24) is 14.8 Å². The Bertz CT molecular complexity index is 743. The van der Waals surface area contributed by atoms with Crippen molar-refractivity contribution in [2.75, 3.05) is 13.2 Å². The summed E-state index contributed by atoms with van der Waals surface area (Å²) in [6, 6.07) is 0.200. The summed E-state index contributed by atoms with van der Waals surface area (Å²) in [7, 11) is -3.95. The number of hydrogen-bond donors (Lipinski definition) is 1. The minimum Gasteiger partial charge on any atom is -0.455 e. The lowest BCUT2D eigenvalue weighted by Crippen LogP contribution is -2.49.